The summed E-state index contributed by atoms with van der Waals surface area (Å²) < 4.78 is 0. The van der Waals surface area contributed by atoms with Gasteiger partial charge in [-0.25, -0.2) is 4.79 Å². The Morgan fingerprint density at radius 2 is 2.05 bits per heavy atom. The molecule has 7 heteroatoms. The molecule has 3 rings (SSSR count). The predicted octanol–water partition coefficient (Wildman–Crippen LogP) is 1.88. The van der Waals surface area contributed by atoms with E-state index >= 15 is 0 Å². The Kier molecular flexibility index (Phi) is 3.70. The Morgan fingerprint density at radius 1 is 1.27 bits per heavy atom. The molecule has 1 atom stereocenters. The Labute approximate surface area is 132 Å². The summed E-state index contributed by atoms with van der Waals surface area (Å²) in [4.78, 5) is 29.7. The van der Waals surface area contributed by atoms with Gasteiger partial charge in [0.2, 0.25) is 0 Å². The van der Waals surface area contributed by atoms with Gasteiger partial charge in [0.15, 0.2) is 0 Å². The molecule has 1 aromatic carbocycles. The number of aryl methyl sites for hydroxylation is 1. The highest BCUT2D eigenvalue weighted by molar-refractivity contribution is 6.31. The molecule has 0 saturated heterocycles. The standard InChI is InChI=1S/C15H17ClN4O2/c1-20(2)9-4-5-10-8(7-9)3-6-11(10)17-12-13(16)18-15(22)19-14(12)21/h4-5,7,11,17H,3,6H2,1-2H3,(H2,18,19,21,22). The van der Waals surface area contributed by atoms with Crippen molar-refractivity contribution in [1.29, 1.82) is 0 Å². The van der Waals surface area contributed by atoms with Gasteiger partial charge in [-0.3, -0.25) is 14.8 Å². The fraction of sp³-hybridized carbons (Fsp3) is 0.333. The van der Waals surface area contributed by atoms with E-state index < -0.39 is 11.2 Å². The normalized spacial score (nSPS) is 16.4. The summed E-state index contributed by atoms with van der Waals surface area (Å²) in [6.07, 6.45) is 1.81. The molecule has 1 aromatic heterocycles. The summed E-state index contributed by atoms with van der Waals surface area (Å²) in [6.45, 7) is 0. The van der Waals surface area contributed by atoms with Crippen molar-refractivity contribution in [3.63, 3.8) is 0 Å². The van der Waals surface area contributed by atoms with Crippen LogP contribution in [-0.2, 0) is 6.42 Å². The molecule has 0 radical (unpaired) electrons. The largest absolute Gasteiger partial charge is 0.378 e. The van der Waals surface area contributed by atoms with Crippen molar-refractivity contribution in [3.8, 4) is 0 Å². The van der Waals surface area contributed by atoms with Gasteiger partial charge in [0.25, 0.3) is 5.56 Å². The van der Waals surface area contributed by atoms with Crippen molar-refractivity contribution in [2.24, 2.45) is 0 Å². The number of rotatable bonds is 3. The van der Waals surface area contributed by atoms with Gasteiger partial charge in [-0.15, -0.1) is 0 Å². The molecule has 1 aliphatic carbocycles. The number of hydrogen-bond donors (Lipinski definition) is 3. The minimum Gasteiger partial charge on any atom is -0.378 e. The lowest BCUT2D eigenvalue weighted by molar-refractivity contribution is 0.758. The van der Waals surface area contributed by atoms with Crippen LogP contribution in [0.2, 0.25) is 5.15 Å². The van der Waals surface area contributed by atoms with E-state index in [2.05, 4.69) is 38.4 Å². The van der Waals surface area contributed by atoms with Gasteiger partial charge in [0, 0.05) is 19.8 Å². The molecule has 22 heavy (non-hydrogen) atoms. The lowest BCUT2D eigenvalue weighted by Gasteiger charge is -2.17. The van der Waals surface area contributed by atoms with Crippen LogP contribution in [0.5, 0.6) is 0 Å². The molecule has 0 fully saturated rings. The highest BCUT2D eigenvalue weighted by atomic mass is 35.5. The van der Waals surface area contributed by atoms with E-state index in [9.17, 15) is 9.59 Å². The molecule has 116 valence electrons. The van der Waals surface area contributed by atoms with Crippen LogP contribution in [0.4, 0.5) is 11.4 Å². The first-order valence-corrected chi connectivity index (χ1v) is 7.42. The van der Waals surface area contributed by atoms with Crippen LogP contribution >= 0.6 is 11.6 Å². The van der Waals surface area contributed by atoms with Crippen LogP contribution in [0.1, 0.15) is 23.6 Å². The molecule has 6 nitrogen and oxygen atoms in total. The molecule has 2 aromatic rings. The third-order valence-electron chi connectivity index (χ3n) is 3.94. The maximum absolute atomic E-state index is 11.9. The summed E-state index contributed by atoms with van der Waals surface area (Å²) in [5, 5.41) is 3.18. The number of benzene rings is 1. The summed E-state index contributed by atoms with van der Waals surface area (Å²) >= 11 is 5.96. The van der Waals surface area contributed by atoms with E-state index in [1.165, 1.54) is 5.56 Å². The van der Waals surface area contributed by atoms with Gasteiger partial charge in [-0.2, -0.15) is 0 Å². The van der Waals surface area contributed by atoms with Gasteiger partial charge in [-0.05, 0) is 36.1 Å². The molecule has 0 aliphatic heterocycles. The third kappa shape index (κ3) is 2.62. The molecule has 1 unspecified atom stereocenters. The van der Waals surface area contributed by atoms with E-state index in [-0.39, 0.29) is 16.9 Å². The van der Waals surface area contributed by atoms with E-state index in [1.54, 1.807) is 0 Å². The number of H-pyrrole nitrogens is 2. The number of nitrogens with zero attached hydrogens (tertiary/aromatic N) is 1. The number of nitrogens with one attached hydrogen (secondary N) is 3. The first kappa shape index (κ1) is 14.7. The van der Waals surface area contributed by atoms with Crippen LogP contribution in [0, 0.1) is 0 Å². The highest BCUT2D eigenvalue weighted by Crippen LogP contribution is 2.35. The second-order valence-electron chi connectivity index (χ2n) is 5.61. The number of hydrogen-bond acceptors (Lipinski definition) is 4. The predicted molar refractivity (Wildman–Crippen MR) is 88.1 cm³/mol. The van der Waals surface area contributed by atoms with E-state index in [1.807, 2.05) is 14.1 Å². The van der Waals surface area contributed by atoms with Crippen molar-refractivity contribution in [1.82, 2.24) is 9.97 Å². The first-order valence-electron chi connectivity index (χ1n) is 7.04. The van der Waals surface area contributed by atoms with Crippen LogP contribution in [0.3, 0.4) is 0 Å². The van der Waals surface area contributed by atoms with E-state index in [0.29, 0.717) is 0 Å². The maximum Gasteiger partial charge on any atom is 0.326 e. The molecular formula is C15H17ClN4O2. The molecule has 3 N–H and O–H groups in total. The minimum absolute atomic E-state index is 0.00992. The van der Waals surface area contributed by atoms with Gasteiger partial charge >= 0.3 is 5.69 Å². The fourth-order valence-electron chi connectivity index (χ4n) is 2.79. The zero-order chi connectivity index (χ0) is 15.9. The number of aromatic nitrogens is 2. The Balaban J connectivity index is 1.92. The number of halogens is 1. The van der Waals surface area contributed by atoms with E-state index in [0.717, 1.165) is 24.1 Å². The second-order valence-corrected chi connectivity index (χ2v) is 5.99. The SMILES string of the molecule is CN(C)c1ccc2c(c1)CCC2Nc1c(Cl)[nH]c(=O)[nH]c1=O. The number of aromatic amines is 2. The summed E-state index contributed by atoms with van der Waals surface area (Å²) in [7, 11) is 4.01. The van der Waals surface area contributed by atoms with Crippen LogP contribution in [-0.4, -0.2) is 24.1 Å². The summed E-state index contributed by atoms with van der Waals surface area (Å²) in [5.41, 5.74) is 2.66. The molecule has 0 saturated carbocycles. The van der Waals surface area contributed by atoms with Crippen LogP contribution in [0.25, 0.3) is 0 Å². The first-order chi connectivity index (χ1) is 10.5. The number of fused-ring (bicyclic) bond motifs is 1. The van der Waals surface area contributed by atoms with Crippen molar-refractivity contribution in [3.05, 3.63) is 55.3 Å². The van der Waals surface area contributed by atoms with E-state index in [4.69, 9.17) is 11.6 Å². The Hall–Kier alpha value is -2.21. The average Bonchev–Trinajstić information content (AvgIpc) is 2.85. The van der Waals surface area contributed by atoms with Crippen molar-refractivity contribution in [2.45, 2.75) is 18.9 Å². The molecular weight excluding hydrogens is 304 g/mol. The number of anilines is 2. The summed E-state index contributed by atoms with van der Waals surface area (Å²) in [6, 6.07) is 6.30. The highest BCUT2D eigenvalue weighted by Gasteiger charge is 2.24. The zero-order valence-electron chi connectivity index (χ0n) is 12.4. The quantitative estimate of drug-likeness (QED) is 0.754. The minimum atomic E-state index is -0.608. The molecule has 0 bridgehead atoms. The second kappa shape index (κ2) is 5.53. The van der Waals surface area contributed by atoms with Gasteiger partial charge in [-0.1, -0.05) is 17.7 Å². The Bertz CT molecular complexity index is 825. The third-order valence-corrected chi connectivity index (χ3v) is 4.22. The lowest BCUT2D eigenvalue weighted by Crippen LogP contribution is -2.26. The Morgan fingerprint density at radius 3 is 2.73 bits per heavy atom. The summed E-state index contributed by atoms with van der Waals surface area (Å²) in [5.74, 6) is 0. The fourth-order valence-corrected chi connectivity index (χ4v) is 3.02. The average molecular weight is 321 g/mol. The van der Waals surface area contributed by atoms with Crippen molar-refractivity contribution in [2.75, 3.05) is 24.3 Å². The molecule has 1 aliphatic rings. The van der Waals surface area contributed by atoms with Crippen molar-refractivity contribution >= 4 is 23.0 Å². The zero-order valence-corrected chi connectivity index (χ0v) is 13.1. The smallest absolute Gasteiger partial charge is 0.326 e. The monoisotopic (exact) mass is 320 g/mol. The van der Waals surface area contributed by atoms with Crippen molar-refractivity contribution < 1.29 is 0 Å². The maximum atomic E-state index is 11.9. The van der Waals surface area contributed by atoms with Gasteiger partial charge < -0.3 is 10.2 Å². The molecule has 1 heterocycles. The lowest BCUT2D eigenvalue weighted by atomic mass is 10.1. The topological polar surface area (TPSA) is 81.0 Å². The molecule has 0 amide bonds. The van der Waals surface area contributed by atoms with Crippen LogP contribution in [0.15, 0.2) is 27.8 Å². The van der Waals surface area contributed by atoms with Crippen LogP contribution < -0.4 is 21.5 Å². The molecule has 0 spiro atoms. The van der Waals surface area contributed by atoms with Gasteiger partial charge in [0.1, 0.15) is 10.8 Å². The van der Waals surface area contributed by atoms with Gasteiger partial charge in [0.05, 0.1) is 6.04 Å².